The van der Waals surface area contributed by atoms with E-state index in [1.54, 1.807) is 6.07 Å². The van der Waals surface area contributed by atoms with Crippen LogP contribution < -0.4 is 5.32 Å². The van der Waals surface area contributed by atoms with E-state index in [-0.39, 0.29) is 17.7 Å². The standard InChI is InChI=1S/C12H14F2N2O2/c1-17-12(18-2)7-16-6-9-10(13)3-8(5-15)4-11(9)14/h3-4,12,16H,6-7H2,1-2H3. The fraction of sp³-hybridized carbons (Fsp3) is 0.417. The van der Waals surface area contributed by atoms with Gasteiger partial charge in [0, 0.05) is 32.9 Å². The molecule has 0 aromatic heterocycles. The molecule has 0 aliphatic heterocycles. The van der Waals surface area contributed by atoms with E-state index in [4.69, 9.17) is 14.7 Å². The van der Waals surface area contributed by atoms with Gasteiger partial charge in [0.25, 0.3) is 0 Å². The molecule has 0 unspecified atom stereocenters. The average molecular weight is 256 g/mol. The molecule has 0 bridgehead atoms. The smallest absolute Gasteiger partial charge is 0.169 e. The van der Waals surface area contributed by atoms with Gasteiger partial charge in [-0.1, -0.05) is 0 Å². The van der Waals surface area contributed by atoms with Crippen molar-refractivity contribution in [3.63, 3.8) is 0 Å². The van der Waals surface area contributed by atoms with Crippen molar-refractivity contribution < 1.29 is 18.3 Å². The van der Waals surface area contributed by atoms with Gasteiger partial charge < -0.3 is 14.8 Å². The molecule has 0 heterocycles. The average Bonchev–Trinajstić information content (AvgIpc) is 2.37. The largest absolute Gasteiger partial charge is 0.355 e. The summed E-state index contributed by atoms with van der Waals surface area (Å²) in [6.07, 6.45) is -0.477. The number of nitriles is 1. The number of rotatable bonds is 6. The number of hydrogen-bond donors (Lipinski definition) is 1. The molecule has 18 heavy (non-hydrogen) atoms. The highest BCUT2D eigenvalue weighted by atomic mass is 19.1. The molecule has 0 saturated heterocycles. The first-order valence-electron chi connectivity index (χ1n) is 5.26. The SMILES string of the molecule is COC(CNCc1c(F)cc(C#N)cc1F)OC. The maximum absolute atomic E-state index is 13.5. The molecule has 98 valence electrons. The molecule has 4 nitrogen and oxygen atoms in total. The molecule has 0 aliphatic carbocycles. The molecular weight excluding hydrogens is 242 g/mol. The van der Waals surface area contributed by atoms with E-state index in [2.05, 4.69) is 5.32 Å². The molecule has 0 atom stereocenters. The maximum Gasteiger partial charge on any atom is 0.169 e. The summed E-state index contributed by atoms with van der Waals surface area (Å²) in [5.41, 5.74) is -0.152. The second kappa shape index (κ2) is 7.01. The van der Waals surface area contributed by atoms with Gasteiger partial charge >= 0.3 is 0 Å². The molecule has 0 spiro atoms. The minimum absolute atomic E-state index is 0.00735. The van der Waals surface area contributed by atoms with Gasteiger partial charge in [0.05, 0.1) is 11.6 Å². The first-order chi connectivity index (χ1) is 8.62. The summed E-state index contributed by atoms with van der Waals surface area (Å²) in [7, 11) is 2.94. The maximum atomic E-state index is 13.5. The summed E-state index contributed by atoms with van der Waals surface area (Å²) >= 11 is 0. The molecule has 1 aromatic rings. The van der Waals surface area contributed by atoms with Crippen LogP contribution in [0.15, 0.2) is 12.1 Å². The number of benzene rings is 1. The highest BCUT2D eigenvalue weighted by Gasteiger charge is 2.12. The van der Waals surface area contributed by atoms with E-state index < -0.39 is 17.9 Å². The number of hydrogen-bond acceptors (Lipinski definition) is 4. The minimum Gasteiger partial charge on any atom is -0.355 e. The van der Waals surface area contributed by atoms with E-state index in [0.717, 1.165) is 12.1 Å². The van der Waals surface area contributed by atoms with Crippen LogP contribution in [-0.2, 0) is 16.0 Å². The zero-order valence-electron chi connectivity index (χ0n) is 10.2. The predicted octanol–water partition coefficient (Wildman–Crippen LogP) is 1.54. The number of methoxy groups -OCH3 is 2. The Morgan fingerprint density at radius 3 is 2.28 bits per heavy atom. The van der Waals surface area contributed by atoms with Crippen molar-refractivity contribution >= 4 is 0 Å². The third-order valence-corrected chi connectivity index (χ3v) is 2.41. The highest BCUT2D eigenvalue weighted by molar-refractivity contribution is 5.34. The molecule has 0 aliphatic rings. The number of ether oxygens (including phenoxy) is 2. The van der Waals surface area contributed by atoms with Crippen LogP contribution >= 0.6 is 0 Å². The van der Waals surface area contributed by atoms with Gasteiger partial charge in [-0.05, 0) is 12.1 Å². The van der Waals surface area contributed by atoms with Gasteiger partial charge in [0.15, 0.2) is 6.29 Å². The second-order valence-electron chi connectivity index (χ2n) is 3.56. The zero-order valence-corrected chi connectivity index (χ0v) is 10.2. The van der Waals surface area contributed by atoms with Crippen molar-refractivity contribution in [2.24, 2.45) is 0 Å². The van der Waals surface area contributed by atoms with Crippen LogP contribution in [0.1, 0.15) is 11.1 Å². The monoisotopic (exact) mass is 256 g/mol. The fourth-order valence-corrected chi connectivity index (χ4v) is 1.41. The zero-order chi connectivity index (χ0) is 13.5. The summed E-state index contributed by atoms with van der Waals surface area (Å²) < 4.78 is 36.8. The number of nitrogens with zero attached hydrogens (tertiary/aromatic N) is 1. The van der Waals surface area contributed by atoms with E-state index in [1.807, 2.05) is 0 Å². The number of halogens is 2. The van der Waals surface area contributed by atoms with Crippen LogP contribution in [0.2, 0.25) is 0 Å². The van der Waals surface area contributed by atoms with Crippen LogP contribution in [0.5, 0.6) is 0 Å². The highest BCUT2D eigenvalue weighted by Crippen LogP contribution is 2.14. The molecule has 0 amide bonds. The minimum atomic E-state index is -0.745. The summed E-state index contributed by atoms with van der Waals surface area (Å²) in [6.45, 7) is 0.290. The molecule has 1 aromatic carbocycles. The Balaban J connectivity index is 2.66. The molecule has 6 heteroatoms. The Hall–Kier alpha value is -1.55. The van der Waals surface area contributed by atoms with Crippen LogP contribution in [0.25, 0.3) is 0 Å². The summed E-state index contributed by atoms with van der Waals surface area (Å²) in [4.78, 5) is 0. The molecule has 0 fully saturated rings. The number of nitrogens with one attached hydrogen (secondary N) is 1. The Labute approximate surface area is 104 Å². The molecular formula is C12H14F2N2O2. The normalized spacial score (nSPS) is 10.7. The summed E-state index contributed by atoms with van der Waals surface area (Å²) in [5.74, 6) is -1.49. The van der Waals surface area contributed by atoms with Crippen LogP contribution in [-0.4, -0.2) is 27.1 Å². The van der Waals surface area contributed by atoms with E-state index in [9.17, 15) is 8.78 Å². The fourth-order valence-electron chi connectivity index (χ4n) is 1.41. The van der Waals surface area contributed by atoms with E-state index in [0.29, 0.717) is 6.54 Å². The van der Waals surface area contributed by atoms with Gasteiger partial charge in [0.2, 0.25) is 0 Å². The summed E-state index contributed by atoms with van der Waals surface area (Å²) in [6, 6.07) is 3.70. The molecule has 0 saturated carbocycles. The van der Waals surface area contributed by atoms with Crippen molar-refractivity contribution in [2.45, 2.75) is 12.8 Å². The van der Waals surface area contributed by atoms with Gasteiger partial charge in [-0.25, -0.2) is 8.78 Å². The third kappa shape index (κ3) is 3.74. The first-order valence-corrected chi connectivity index (χ1v) is 5.26. The third-order valence-electron chi connectivity index (χ3n) is 2.41. The quantitative estimate of drug-likeness (QED) is 0.784. The lowest BCUT2D eigenvalue weighted by molar-refractivity contribution is -0.0989. The lowest BCUT2D eigenvalue weighted by Gasteiger charge is -2.14. The van der Waals surface area contributed by atoms with Crippen molar-refractivity contribution in [1.82, 2.24) is 5.32 Å². The van der Waals surface area contributed by atoms with Crippen molar-refractivity contribution in [3.8, 4) is 6.07 Å². The Morgan fingerprint density at radius 1 is 1.28 bits per heavy atom. The van der Waals surface area contributed by atoms with Crippen molar-refractivity contribution in [3.05, 3.63) is 34.9 Å². The Bertz CT molecular complexity index is 419. The second-order valence-corrected chi connectivity index (χ2v) is 3.56. The Kier molecular flexibility index (Phi) is 5.65. The van der Waals surface area contributed by atoms with Gasteiger partial charge in [-0.3, -0.25) is 0 Å². The van der Waals surface area contributed by atoms with Gasteiger partial charge in [-0.15, -0.1) is 0 Å². The van der Waals surface area contributed by atoms with Gasteiger partial charge in [-0.2, -0.15) is 5.26 Å². The molecule has 1 N–H and O–H groups in total. The van der Waals surface area contributed by atoms with E-state index in [1.165, 1.54) is 14.2 Å². The van der Waals surface area contributed by atoms with Crippen LogP contribution in [0, 0.1) is 23.0 Å². The lowest BCUT2D eigenvalue weighted by Crippen LogP contribution is -2.29. The first kappa shape index (κ1) is 14.5. The van der Waals surface area contributed by atoms with Crippen molar-refractivity contribution in [2.75, 3.05) is 20.8 Å². The lowest BCUT2D eigenvalue weighted by atomic mass is 10.1. The van der Waals surface area contributed by atoms with Gasteiger partial charge in [0.1, 0.15) is 11.6 Å². The van der Waals surface area contributed by atoms with E-state index >= 15 is 0 Å². The molecule has 0 radical (unpaired) electrons. The predicted molar refractivity (Wildman–Crippen MR) is 60.6 cm³/mol. The topological polar surface area (TPSA) is 54.3 Å². The Morgan fingerprint density at radius 2 is 1.83 bits per heavy atom. The van der Waals surface area contributed by atoms with Crippen LogP contribution in [0.3, 0.4) is 0 Å². The molecule has 1 rings (SSSR count). The van der Waals surface area contributed by atoms with Crippen LogP contribution in [0.4, 0.5) is 8.78 Å². The van der Waals surface area contributed by atoms with Crippen molar-refractivity contribution in [1.29, 1.82) is 5.26 Å². The summed E-state index contributed by atoms with van der Waals surface area (Å²) in [5, 5.41) is 11.4.